The van der Waals surface area contributed by atoms with Crippen LogP contribution in [0.1, 0.15) is 17.5 Å². The van der Waals surface area contributed by atoms with Crippen LogP contribution < -0.4 is 15.4 Å². The maximum absolute atomic E-state index is 13.2. The lowest BCUT2D eigenvalue weighted by Gasteiger charge is -2.06. The summed E-state index contributed by atoms with van der Waals surface area (Å²) in [6.07, 6.45) is 0.698. The van der Waals surface area contributed by atoms with Crippen LogP contribution in [0.5, 0.6) is 5.75 Å². The van der Waals surface area contributed by atoms with E-state index < -0.39 is 11.7 Å². The Bertz CT molecular complexity index is 1300. The fourth-order valence-electron chi connectivity index (χ4n) is 4.00. The molecule has 154 valence electrons. The van der Waals surface area contributed by atoms with E-state index in [1.807, 2.05) is 42.5 Å². The summed E-state index contributed by atoms with van der Waals surface area (Å²) in [4.78, 5) is 30.5. The third-order valence-corrected chi connectivity index (χ3v) is 6.31. The van der Waals surface area contributed by atoms with E-state index in [4.69, 9.17) is 4.74 Å². The summed E-state index contributed by atoms with van der Waals surface area (Å²) >= 11 is 1.32. The molecule has 2 aromatic heterocycles. The van der Waals surface area contributed by atoms with E-state index in [0.717, 1.165) is 52.2 Å². The highest BCUT2D eigenvalue weighted by Gasteiger charge is 2.28. The standard InChI is InChI=1S/C22H20N4O3S.H2/c1-29-13-6-7-15-18(12-13)30-22(24-15)25-21(28)20(27)19-14-4-2-3-5-16(14)26-11-10-23-9-8-17(19)26;/h2-7,12,23H,8-11H2,1H3,(H,24,25,28);1H. The van der Waals surface area contributed by atoms with Crippen molar-refractivity contribution in [3.63, 3.8) is 0 Å². The number of thiazole rings is 1. The van der Waals surface area contributed by atoms with Crippen molar-refractivity contribution in [1.82, 2.24) is 14.9 Å². The molecule has 1 aliphatic rings. The Morgan fingerprint density at radius 2 is 2.10 bits per heavy atom. The zero-order valence-electron chi connectivity index (χ0n) is 16.4. The maximum Gasteiger partial charge on any atom is 0.298 e. The van der Waals surface area contributed by atoms with Gasteiger partial charge in [0.15, 0.2) is 5.13 Å². The van der Waals surface area contributed by atoms with Gasteiger partial charge in [-0.1, -0.05) is 29.5 Å². The number of carbonyl (C=O) groups excluding carboxylic acids is 2. The molecule has 0 unspecified atom stereocenters. The van der Waals surface area contributed by atoms with Gasteiger partial charge in [0, 0.05) is 44.1 Å². The number of Topliss-reactive ketones (excluding diaryl/α,β-unsaturated/α-hetero) is 1. The summed E-state index contributed by atoms with van der Waals surface area (Å²) in [5, 5.41) is 7.27. The highest BCUT2D eigenvalue weighted by atomic mass is 32.1. The van der Waals surface area contributed by atoms with Crippen molar-refractivity contribution in [3.05, 3.63) is 53.7 Å². The number of methoxy groups -OCH3 is 1. The molecule has 0 bridgehead atoms. The Morgan fingerprint density at radius 3 is 2.97 bits per heavy atom. The van der Waals surface area contributed by atoms with Crippen molar-refractivity contribution in [1.29, 1.82) is 0 Å². The zero-order chi connectivity index (χ0) is 20.7. The number of fused-ring (bicyclic) bond motifs is 4. The van der Waals surface area contributed by atoms with Gasteiger partial charge in [-0.15, -0.1) is 0 Å². The van der Waals surface area contributed by atoms with E-state index in [1.54, 1.807) is 7.11 Å². The van der Waals surface area contributed by atoms with Crippen LogP contribution in [0, 0.1) is 0 Å². The number of rotatable bonds is 4. The van der Waals surface area contributed by atoms with Crippen LogP contribution in [0.4, 0.5) is 5.13 Å². The molecule has 0 atom stereocenters. The van der Waals surface area contributed by atoms with Gasteiger partial charge in [0.2, 0.25) is 0 Å². The fraction of sp³-hybridized carbons (Fsp3) is 0.227. The highest BCUT2D eigenvalue weighted by Crippen LogP contribution is 2.31. The summed E-state index contributed by atoms with van der Waals surface area (Å²) < 4.78 is 8.27. The second-order valence-electron chi connectivity index (χ2n) is 7.13. The minimum atomic E-state index is -0.669. The second kappa shape index (κ2) is 7.55. The topological polar surface area (TPSA) is 85.2 Å². The smallest absolute Gasteiger partial charge is 0.298 e. The number of aromatic nitrogens is 2. The number of benzene rings is 2. The molecule has 4 aromatic rings. The average molecular weight is 423 g/mol. The monoisotopic (exact) mass is 422 g/mol. The Kier molecular flexibility index (Phi) is 4.72. The van der Waals surface area contributed by atoms with Gasteiger partial charge in [0.25, 0.3) is 11.7 Å². The SMILES string of the molecule is COc1ccc2nc(NC(=O)C(=O)c3c4n(c5ccccc35)CCNCC4)sc2c1.[HH]. The quantitative estimate of drug-likeness (QED) is 0.389. The molecule has 0 saturated heterocycles. The number of carbonyl (C=O) groups is 2. The summed E-state index contributed by atoms with van der Waals surface area (Å²) in [7, 11) is 1.60. The lowest BCUT2D eigenvalue weighted by molar-refractivity contribution is -0.112. The molecule has 0 spiro atoms. The molecule has 2 aromatic carbocycles. The van der Waals surface area contributed by atoms with Crippen LogP contribution in [0.3, 0.4) is 0 Å². The molecule has 3 heterocycles. The van der Waals surface area contributed by atoms with Crippen LogP contribution in [0.2, 0.25) is 0 Å². The van der Waals surface area contributed by atoms with Gasteiger partial charge in [-0.25, -0.2) is 4.98 Å². The molecule has 0 aliphatic carbocycles. The molecular formula is C22H22N4O3S. The van der Waals surface area contributed by atoms with Gasteiger partial charge in [-0.3, -0.25) is 14.9 Å². The third-order valence-electron chi connectivity index (χ3n) is 5.38. The Labute approximate surface area is 178 Å². The molecule has 8 heteroatoms. The van der Waals surface area contributed by atoms with E-state index in [-0.39, 0.29) is 1.43 Å². The minimum Gasteiger partial charge on any atom is -0.497 e. The molecule has 1 amide bonds. The number of amides is 1. The number of para-hydroxylation sites is 1. The van der Waals surface area contributed by atoms with Gasteiger partial charge < -0.3 is 14.6 Å². The van der Waals surface area contributed by atoms with Crippen molar-refractivity contribution in [3.8, 4) is 5.75 Å². The Morgan fingerprint density at radius 1 is 1.23 bits per heavy atom. The summed E-state index contributed by atoms with van der Waals surface area (Å²) in [5.74, 6) is -0.479. The molecular weight excluding hydrogens is 400 g/mol. The van der Waals surface area contributed by atoms with E-state index in [0.29, 0.717) is 17.1 Å². The molecule has 0 fully saturated rings. The molecule has 0 saturated carbocycles. The van der Waals surface area contributed by atoms with Crippen molar-refractivity contribution in [2.45, 2.75) is 13.0 Å². The number of ether oxygens (including phenoxy) is 1. The predicted octanol–water partition coefficient (Wildman–Crippen LogP) is 3.47. The average Bonchev–Trinajstić information content (AvgIpc) is 3.20. The van der Waals surface area contributed by atoms with E-state index in [2.05, 4.69) is 20.2 Å². The lowest BCUT2D eigenvalue weighted by Crippen LogP contribution is -2.24. The first-order chi connectivity index (χ1) is 14.7. The van der Waals surface area contributed by atoms with Crippen molar-refractivity contribution >= 4 is 49.3 Å². The van der Waals surface area contributed by atoms with Gasteiger partial charge >= 0.3 is 0 Å². The highest BCUT2D eigenvalue weighted by molar-refractivity contribution is 7.22. The van der Waals surface area contributed by atoms with Gasteiger partial charge in [0.05, 0.1) is 22.9 Å². The van der Waals surface area contributed by atoms with Crippen LogP contribution in [0.25, 0.3) is 21.1 Å². The van der Waals surface area contributed by atoms with Crippen LogP contribution in [-0.2, 0) is 17.8 Å². The molecule has 30 heavy (non-hydrogen) atoms. The lowest BCUT2D eigenvalue weighted by atomic mass is 10.0. The largest absolute Gasteiger partial charge is 0.497 e. The van der Waals surface area contributed by atoms with E-state index >= 15 is 0 Å². The predicted molar refractivity (Wildman–Crippen MR) is 120 cm³/mol. The second-order valence-corrected chi connectivity index (χ2v) is 8.16. The van der Waals surface area contributed by atoms with Gasteiger partial charge in [0.1, 0.15) is 5.75 Å². The number of nitrogens with one attached hydrogen (secondary N) is 2. The summed E-state index contributed by atoms with van der Waals surface area (Å²) in [6.45, 7) is 2.38. The van der Waals surface area contributed by atoms with E-state index in [1.165, 1.54) is 11.3 Å². The number of hydrogen-bond donors (Lipinski definition) is 2. The molecule has 7 nitrogen and oxygen atoms in total. The number of anilines is 1. The van der Waals surface area contributed by atoms with Crippen LogP contribution >= 0.6 is 11.3 Å². The summed E-state index contributed by atoms with van der Waals surface area (Å²) in [6, 6.07) is 13.3. The van der Waals surface area contributed by atoms with E-state index in [9.17, 15) is 9.59 Å². The third kappa shape index (κ3) is 3.14. The van der Waals surface area contributed by atoms with Crippen molar-refractivity contribution in [2.24, 2.45) is 0 Å². The number of hydrogen-bond acceptors (Lipinski definition) is 6. The Hall–Kier alpha value is -3.23. The first-order valence-electron chi connectivity index (χ1n) is 9.77. The maximum atomic E-state index is 13.2. The first kappa shape index (κ1) is 18.8. The van der Waals surface area contributed by atoms with Gasteiger partial charge in [-0.2, -0.15) is 0 Å². The molecule has 1 aliphatic heterocycles. The van der Waals surface area contributed by atoms with Crippen LogP contribution in [-0.4, -0.2) is 41.4 Å². The number of ketones is 1. The minimum absolute atomic E-state index is 0. The fourth-order valence-corrected chi connectivity index (χ4v) is 4.89. The first-order valence-corrected chi connectivity index (χ1v) is 10.6. The molecule has 2 N–H and O–H groups in total. The normalized spacial score (nSPS) is 13.8. The van der Waals surface area contributed by atoms with Crippen LogP contribution in [0.15, 0.2) is 42.5 Å². The molecule has 5 rings (SSSR count). The Balaban J connectivity index is 0.00000231. The number of nitrogens with zero attached hydrogens (tertiary/aromatic N) is 2. The van der Waals surface area contributed by atoms with Crippen molar-refractivity contribution in [2.75, 3.05) is 25.5 Å². The molecule has 0 radical (unpaired) electrons. The zero-order valence-corrected chi connectivity index (χ0v) is 17.2. The van der Waals surface area contributed by atoms with Crippen molar-refractivity contribution < 1.29 is 15.8 Å². The van der Waals surface area contributed by atoms with Gasteiger partial charge in [-0.05, 0) is 24.3 Å². The summed E-state index contributed by atoms with van der Waals surface area (Å²) in [5.41, 5.74) is 3.14.